The first kappa shape index (κ1) is 22.9. The van der Waals surface area contributed by atoms with E-state index >= 15 is 0 Å². The molecule has 2 aromatic rings. The van der Waals surface area contributed by atoms with Gasteiger partial charge in [0.1, 0.15) is 6.54 Å². The molecule has 7 nitrogen and oxygen atoms in total. The van der Waals surface area contributed by atoms with Gasteiger partial charge < -0.3 is 5.32 Å². The molecule has 2 aromatic carbocycles. The van der Waals surface area contributed by atoms with Crippen molar-refractivity contribution in [3.05, 3.63) is 59.2 Å². The van der Waals surface area contributed by atoms with E-state index in [1.165, 1.54) is 12.1 Å². The van der Waals surface area contributed by atoms with Crippen LogP contribution in [0.15, 0.2) is 47.4 Å². The minimum absolute atomic E-state index is 0.192. The second-order valence-electron chi connectivity index (χ2n) is 7.17. The van der Waals surface area contributed by atoms with Crippen LogP contribution in [0.1, 0.15) is 29.7 Å². The SMILES string of the molecule is Cc1ccc(N(CC(=O)NC(C)c2ccc(S(C)(=O)=O)cc2)S(C)(=O)=O)cc1C. The van der Waals surface area contributed by atoms with Crippen molar-refractivity contribution in [2.24, 2.45) is 0 Å². The van der Waals surface area contributed by atoms with Crippen molar-refractivity contribution in [2.45, 2.75) is 31.7 Å². The molecule has 0 saturated heterocycles. The Hall–Kier alpha value is -2.39. The minimum Gasteiger partial charge on any atom is -0.348 e. The van der Waals surface area contributed by atoms with Crippen molar-refractivity contribution in [3.63, 3.8) is 0 Å². The molecule has 1 amide bonds. The van der Waals surface area contributed by atoms with Crippen LogP contribution in [0.25, 0.3) is 0 Å². The lowest BCUT2D eigenvalue weighted by Gasteiger charge is -2.24. The van der Waals surface area contributed by atoms with E-state index in [2.05, 4.69) is 5.32 Å². The third-order valence-electron chi connectivity index (χ3n) is 4.65. The van der Waals surface area contributed by atoms with Gasteiger partial charge in [-0.15, -0.1) is 0 Å². The zero-order valence-corrected chi connectivity index (χ0v) is 18.8. The second-order valence-corrected chi connectivity index (χ2v) is 11.1. The highest BCUT2D eigenvalue weighted by Gasteiger charge is 2.22. The summed E-state index contributed by atoms with van der Waals surface area (Å²) >= 11 is 0. The van der Waals surface area contributed by atoms with Gasteiger partial charge in [0.15, 0.2) is 9.84 Å². The number of amides is 1. The van der Waals surface area contributed by atoms with E-state index in [0.717, 1.165) is 27.9 Å². The van der Waals surface area contributed by atoms with Gasteiger partial charge in [0, 0.05) is 6.26 Å². The Kier molecular flexibility index (Phi) is 6.74. The van der Waals surface area contributed by atoms with Gasteiger partial charge in [0.05, 0.1) is 22.9 Å². The zero-order valence-electron chi connectivity index (χ0n) is 17.1. The predicted octanol–water partition coefficient (Wildman–Crippen LogP) is 2.35. The smallest absolute Gasteiger partial charge is 0.241 e. The van der Waals surface area contributed by atoms with Crippen LogP contribution in [-0.4, -0.2) is 41.8 Å². The lowest BCUT2D eigenvalue weighted by Crippen LogP contribution is -2.41. The van der Waals surface area contributed by atoms with Crippen LogP contribution in [0, 0.1) is 13.8 Å². The number of rotatable bonds is 7. The first-order valence-electron chi connectivity index (χ1n) is 8.93. The Morgan fingerprint density at radius 2 is 1.55 bits per heavy atom. The molecule has 1 unspecified atom stereocenters. The lowest BCUT2D eigenvalue weighted by molar-refractivity contribution is -0.120. The van der Waals surface area contributed by atoms with Crippen molar-refractivity contribution in [3.8, 4) is 0 Å². The van der Waals surface area contributed by atoms with E-state index in [1.54, 1.807) is 31.2 Å². The summed E-state index contributed by atoms with van der Waals surface area (Å²) in [7, 11) is -6.96. The van der Waals surface area contributed by atoms with Crippen LogP contribution < -0.4 is 9.62 Å². The molecule has 0 heterocycles. The average molecular weight is 439 g/mol. The van der Waals surface area contributed by atoms with Crippen molar-refractivity contribution in [1.29, 1.82) is 0 Å². The van der Waals surface area contributed by atoms with E-state index < -0.39 is 31.8 Å². The summed E-state index contributed by atoms with van der Waals surface area (Å²) in [5.41, 5.74) is 3.09. The number of aryl methyl sites for hydroxylation is 2. The van der Waals surface area contributed by atoms with E-state index in [4.69, 9.17) is 0 Å². The molecule has 29 heavy (non-hydrogen) atoms. The maximum Gasteiger partial charge on any atom is 0.241 e. The molecule has 0 bridgehead atoms. The topological polar surface area (TPSA) is 101 Å². The van der Waals surface area contributed by atoms with Gasteiger partial charge in [0.2, 0.25) is 15.9 Å². The normalized spacial score (nSPS) is 13.0. The summed E-state index contributed by atoms with van der Waals surface area (Å²) in [4.78, 5) is 12.7. The number of carbonyl (C=O) groups is 1. The van der Waals surface area contributed by atoms with Crippen LogP contribution in [0.3, 0.4) is 0 Å². The summed E-state index contributed by atoms with van der Waals surface area (Å²) in [5, 5.41) is 2.76. The lowest BCUT2D eigenvalue weighted by atomic mass is 10.1. The fourth-order valence-electron chi connectivity index (χ4n) is 2.79. The number of benzene rings is 2. The maximum absolute atomic E-state index is 12.5. The number of sulfonamides is 1. The Balaban J connectivity index is 2.16. The van der Waals surface area contributed by atoms with Gasteiger partial charge in [-0.1, -0.05) is 18.2 Å². The molecule has 158 valence electrons. The highest BCUT2D eigenvalue weighted by molar-refractivity contribution is 7.92. The number of nitrogens with one attached hydrogen (secondary N) is 1. The van der Waals surface area contributed by atoms with Crippen LogP contribution in [-0.2, 0) is 24.7 Å². The van der Waals surface area contributed by atoms with Crippen molar-refractivity contribution < 1.29 is 21.6 Å². The van der Waals surface area contributed by atoms with Gasteiger partial charge in [-0.25, -0.2) is 16.8 Å². The number of nitrogens with zero attached hydrogens (tertiary/aromatic N) is 1. The van der Waals surface area contributed by atoms with Gasteiger partial charge in [-0.2, -0.15) is 0 Å². The van der Waals surface area contributed by atoms with E-state index in [1.807, 2.05) is 19.9 Å². The predicted molar refractivity (Wildman–Crippen MR) is 114 cm³/mol. The average Bonchev–Trinajstić information content (AvgIpc) is 2.60. The molecular formula is C20H26N2O5S2. The third kappa shape index (κ3) is 6.04. The standard InChI is InChI=1S/C20H26N2O5S2/c1-14-6-9-18(12-15(14)2)22(29(5,26)27)13-20(23)21-16(3)17-7-10-19(11-8-17)28(4,24)25/h6-12,16H,13H2,1-5H3,(H,21,23). The molecular weight excluding hydrogens is 412 g/mol. The molecule has 0 radical (unpaired) electrons. The van der Waals surface area contributed by atoms with Gasteiger partial charge in [-0.3, -0.25) is 9.10 Å². The Labute approximate surface area is 172 Å². The molecule has 0 spiro atoms. The molecule has 1 atom stereocenters. The highest BCUT2D eigenvalue weighted by atomic mass is 32.2. The second kappa shape index (κ2) is 8.54. The van der Waals surface area contributed by atoms with Crippen LogP contribution >= 0.6 is 0 Å². The molecule has 0 aliphatic heterocycles. The molecule has 0 fully saturated rings. The molecule has 9 heteroatoms. The number of sulfone groups is 1. The van der Waals surface area contributed by atoms with Crippen molar-refractivity contribution in [1.82, 2.24) is 5.32 Å². The summed E-state index contributed by atoms with van der Waals surface area (Å²) in [6.45, 7) is 5.19. The Morgan fingerprint density at radius 3 is 2.03 bits per heavy atom. The van der Waals surface area contributed by atoms with Crippen molar-refractivity contribution >= 4 is 31.5 Å². The van der Waals surface area contributed by atoms with E-state index in [-0.39, 0.29) is 11.4 Å². The highest BCUT2D eigenvalue weighted by Crippen LogP contribution is 2.21. The zero-order chi connectivity index (χ0) is 22.0. The quantitative estimate of drug-likeness (QED) is 0.715. The molecule has 0 saturated carbocycles. The van der Waals surface area contributed by atoms with Gasteiger partial charge >= 0.3 is 0 Å². The molecule has 0 aromatic heterocycles. The molecule has 2 rings (SSSR count). The van der Waals surface area contributed by atoms with Crippen LogP contribution in [0.2, 0.25) is 0 Å². The summed E-state index contributed by atoms with van der Waals surface area (Å²) in [5.74, 6) is -0.464. The number of carbonyl (C=O) groups excluding carboxylic acids is 1. The molecule has 0 aliphatic rings. The summed E-state index contributed by atoms with van der Waals surface area (Å²) < 4.78 is 48.7. The number of hydrogen-bond donors (Lipinski definition) is 1. The first-order valence-corrected chi connectivity index (χ1v) is 12.7. The number of anilines is 1. The largest absolute Gasteiger partial charge is 0.348 e. The van der Waals surface area contributed by atoms with Gasteiger partial charge in [0.25, 0.3) is 0 Å². The summed E-state index contributed by atoms with van der Waals surface area (Å²) in [6, 6.07) is 11.0. The molecule has 0 aliphatic carbocycles. The summed E-state index contributed by atoms with van der Waals surface area (Å²) in [6.07, 6.45) is 2.18. The fourth-order valence-corrected chi connectivity index (χ4v) is 4.26. The first-order chi connectivity index (χ1) is 13.3. The molecule has 1 N–H and O–H groups in total. The van der Waals surface area contributed by atoms with Crippen molar-refractivity contribution in [2.75, 3.05) is 23.4 Å². The number of hydrogen-bond acceptors (Lipinski definition) is 5. The third-order valence-corrected chi connectivity index (χ3v) is 6.92. The Morgan fingerprint density at radius 1 is 0.966 bits per heavy atom. The monoisotopic (exact) mass is 438 g/mol. The van der Waals surface area contributed by atoms with Gasteiger partial charge in [-0.05, 0) is 61.7 Å². The van der Waals surface area contributed by atoms with Crippen LogP contribution in [0.5, 0.6) is 0 Å². The minimum atomic E-state index is -3.66. The fraction of sp³-hybridized carbons (Fsp3) is 0.350. The van der Waals surface area contributed by atoms with Crippen LogP contribution in [0.4, 0.5) is 5.69 Å². The Bertz CT molecular complexity index is 1110. The van der Waals surface area contributed by atoms with E-state index in [0.29, 0.717) is 11.3 Å². The maximum atomic E-state index is 12.5. The van der Waals surface area contributed by atoms with E-state index in [9.17, 15) is 21.6 Å².